The van der Waals surface area contributed by atoms with Crippen LogP contribution in [0.3, 0.4) is 0 Å². The summed E-state index contributed by atoms with van der Waals surface area (Å²) in [5.41, 5.74) is 34.9. The molecule has 0 spiro atoms. The van der Waals surface area contributed by atoms with Crippen LogP contribution >= 0.6 is 0 Å². The maximum Gasteiger partial charge on any atom is 0.256 e. The second-order valence-electron chi connectivity index (χ2n) is 25.9. The van der Waals surface area contributed by atoms with Crippen molar-refractivity contribution in [3.8, 4) is 11.5 Å². The SMILES string of the molecule is c1ccc(N2c3ccccc3B3c4cc5c(cc4N(c4ccccc4)c4cccc2c43)N2c3ccccc3B3c4cc6c(cc4Oc4cc7c(c2c43)B5c2ccccc2N7c2ccccc2)N(c2ccccc2)c2cccc3c2N6c2ccccc2N3c2ccccc2)cc1. The van der Waals surface area contributed by atoms with Crippen molar-refractivity contribution in [1.29, 1.82) is 0 Å². The van der Waals surface area contributed by atoms with E-state index in [1.54, 1.807) is 0 Å². The summed E-state index contributed by atoms with van der Waals surface area (Å²) in [6, 6.07) is 117. The van der Waals surface area contributed by atoms with Crippen LogP contribution in [0.2, 0.25) is 0 Å². The summed E-state index contributed by atoms with van der Waals surface area (Å²) in [6.07, 6.45) is 0. The van der Waals surface area contributed by atoms with Crippen molar-refractivity contribution in [1.82, 2.24) is 0 Å². The van der Waals surface area contributed by atoms with Crippen molar-refractivity contribution < 1.29 is 4.74 Å². The van der Waals surface area contributed by atoms with E-state index in [0.29, 0.717) is 0 Å². The van der Waals surface area contributed by atoms with Crippen LogP contribution in [0.1, 0.15) is 0 Å². The Labute approximate surface area is 551 Å². The van der Waals surface area contributed by atoms with Gasteiger partial charge in [-0.05, 0) is 177 Å². The van der Waals surface area contributed by atoms with Gasteiger partial charge in [-0.3, -0.25) is 0 Å². The molecule has 22 rings (SSSR count). The Bertz CT molecular complexity index is 5630. The van der Waals surface area contributed by atoms with Gasteiger partial charge in [-0.25, -0.2) is 0 Å². The van der Waals surface area contributed by atoms with E-state index in [1.807, 2.05) is 0 Å². The van der Waals surface area contributed by atoms with Crippen LogP contribution in [-0.4, -0.2) is 20.1 Å². The molecular weight excluding hydrogens is 1160 g/mol. The molecule has 0 radical (unpaired) electrons. The molecule has 0 aromatic heterocycles. The lowest BCUT2D eigenvalue weighted by Gasteiger charge is -2.50. The average molecular weight is 1210 g/mol. The molecule has 0 aliphatic carbocycles. The number of fused-ring (bicyclic) bond motifs is 18. The normalized spacial score (nSPS) is 14.4. The second-order valence-corrected chi connectivity index (χ2v) is 25.9. The Hall–Kier alpha value is -12.3. The number of para-hydroxylation sites is 11. The third kappa shape index (κ3) is 6.82. The van der Waals surface area contributed by atoms with E-state index in [2.05, 4.69) is 350 Å². The Morgan fingerprint density at radius 2 is 0.516 bits per heavy atom. The molecule has 8 aliphatic heterocycles. The van der Waals surface area contributed by atoms with E-state index in [1.165, 1.54) is 72.1 Å². The summed E-state index contributed by atoms with van der Waals surface area (Å²) < 4.78 is 7.87. The van der Waals surface area contributed by atoms with E-state index in [-0.39, 0.29) is 20.1 Å². The fraction of sp³-hybridized carbons (Fsp3) is 0. The molecule has 0 N–H and O–H groups in total. The highest BCUT2D eigenvalue weighted by atomic mass is 16.5. The Morgan fingerprint density at radius 3 is 1.03 bits per heavy atom. The molecule has 0 atom stereocenters. The topological polar surface area (TPSA) is 31.9 Å². The zero-order chi connectivity index (χ0) is 61.7. The molecule has 8 aliphatic rings. The molecular formula is C84H52B3N7O. The minimum atomic E-state index is -0.214. The number of rotatable bonds is 5. The molecule has 14 aromatic rings. The summed E-state index contributed by atoms with van der Waals surface area (Å²) in [5, 5.41) is 0. The van der Waals surface area contributed by atoms with Crippen LogP contribution in [0, 0.1) is 0 Å². The van der Waals surface area contributed by atoms with Crippen LogP contribution in [-0.2, 0) is 0 Å². The first-order chi connectivity index (χ1) is 47.2. The molecule has 14 aromatic carbocycles. The largest absolute Gasteiger partial charge is 0.458 e. The van der Waals surface area contributed by atoms with E-state index in [4.69, 9.17) is 4.74 Å². The summed E-state index contributed by atoms with van der Waals surface area (Å²) in [5.74, 6) is 1.70. The number of ether oxygens (including phenoxy) is 1. The van der Waals surface area contributed by atoms with Crippen LogP contribution in [0.5, 0.6) is 11.5 Å². The van der Waals surface area contributed by atoms with Gasteiger partial charge in [0.25, 0.3) is 20.1 Å². The number of nitrogens with zero attached hydrogens (tertiary/aromatic N) is 7. The molecule has 8 heterocycles. The fourth-order valence-corrected chi connectivity index (χ4v) is 17.6. The van der Waals surface area contributed by atoms with Gasteiger partial charge in [-0.2, -0.15) is 0 Å². The van der Waals surface area contributed by atoms with Crippen molar-refractivity contribution in [3.05, 3.63) is 315 Å². The minimum absolute atomic E-state index is 0.0790. The molecule has 0 unspecified atom stereocenters. The first-order valence-corrected chi connectivity index (χ1v) is 32.9. The van der Waals surface area contributed by atoms with E-state index >= 15 is 0 Å². The Morgan fingerprint density at radius 1 is 0.179 bits per heavy atom. The smallest absolute Gasteiger partial charge is 0.256 e. The highest BCUT2D eigenvalue weighted by molar-refractivity contribution is 7.05. The fourth-order valence-electron chi connectivity index (χ4n) is 17.6. The zero-order valence-electron chi connectivity index (χ0n) is 51.3. The number of anilines is 21. The summed E-state index contributed by atoms with van der Waals surface area (Å²) in [4.78, 5) is 17.6. The maximum atomic E-state index is 7.87. The standard InChI is InChI=1S/C84H52B3N7O/c1-6-26-53(27-7-1)88-64-39-19-16-36-58(64)85-61-48-62-74(50-73(61)91(56-32-12-4-13-33-56)70-45-24-44-69(88)80(70)85)93-66-41-21-18-38-60(66)87-63-49-75-76(51-78(63)95-79-52-77-81(84(93)82(79)87)86(62)59-37-17-20-40-65(59)89(77)54-28-8-2-9-29-54)92(57-34-14-5-15-35-57)72-47-25-46-71-83(72)94(75)68-43-23-22-42-67(68)90(71)55-30-10-3-11-31-55/h1-52H. The zero-order valence-corrected chi connectivity index (χ0v) is 51.3. The molecule has 0 amide bonds. The van der Waals surface area contributed by atoms with Gasteiger partial charge < -0.3 is 39.0 Å². The molecule has 0 fully saturated rings. The third-order valence-corrected chi connectivity index (χ3v) is 21.2. The molecule has 11 heteroatoms. The molecule has 0 bridgehead atoms. The first-order valence-electron chi connectivity index (χ1n) is 32.9. The van der Waals surface area contributed by atoms with Crippen molar-refractivity contribution >= 4 is 189 Å². The predicted molar refractivity (Wildman–Crippen MR) is 397 cm³/mol. The van der Waals surface area contributed by atoms with Crippen LogP contribution in [0.25, 0.3) is 0 Å². The molecule has 0 saturated carbocycles. The van der Waals surface area contributed by atoms with Crippen LogP contribution in [0.4, 0.5) is 119 Å². The van der Waals surface area contributed by atoms with E-state index < -0.39 is 0 Å². The molecule has 438 valence electrons. The quantitative estimate of drug-likeness (QED) is 0.158. The molecule has 8 nitrogen and oxygen atoms in total. The van der Waals surface area contributed by atoms with Gasteiger partial charge in [0, 0.05) is 91.8 Å². The lowest BCUT2D eigenvalue weighted by atomic mass is 9.28. The van der Waals surface area contributed by atoms with Gasteiger partial charge in [0.1, 0.15) is 11.5 Å². The van der Waals surface area contributed by atoms with Crippen molar-refractivity contribution in [3.63, 3.8) is 0 Å². The van der Waals surface area contributed by atoms with Crippen LogP contribution in [0.15, 0.2) is 315 Å². The summed E-state index contributed by atoms with van der Waals surface area (Å²) in [7, 11) is 0. The monoisotopic (exact) mass is 1210 g/mol. The Kier molecular flexibility index (Phi) is 10.3. The van der Waals surface area contributed by atoms with Crippen molar-refractivity contribution in [2.45, 2.75) is 0 Å². The van der Waals surface area contributed by atoms with Crippen LogP contribution < -0.4 is 88.2 Å². The number of hydrogen-bond acceptors (Lipinski definition) is 8. The number of hydrogen-bond donors (Lipinski definition) is 0. The highest BCUT2D eigenvalue weighted by Crippen LogP contribution is 2.64. The summed E-state index contributed by atoms with van der Waals surface area (Å²) in [6.45, 7) is -0.458. The van der Waals surface area contributed by atoms with Gasteiger partial charge in [0.15, 0.2) is 0 Å². The lowest BCUT2D eigenvalue weighted by Crippen LogP contribution is -2.69. The van der Waals surface area contributed by atoms with Crippen molar-refractivity contribution in [2.75, 3.05) is 34.3 Å². The van der Waals surface area contributed by atoms with Gasteiger partial charge in [0.2, 0.25) is 0 Å². The highest BCUT2D eigenvalue weighted by Gasteiger charge is 2.54. The van der Waals surface area contributed by atoms with Gasteiger partial charge in [-0.1, -0.05) is 176 Å². The van der Waals surface area contributed by atoms with Crippen molar-refractivity contribution in [2.24, 2.45) is 0 Å². The molecule has 95 heavy (non-hydrogen) atoms. The Balaban J connectivity index is 0.822. The predicted octanol–water partition coefficient (Wildman–Crippen LogP) is 15.8. The third-order valence-electron chi connectivity index (χ3n) is 21.2. The van der Waals surface area contributed by atoms with Gasteiger partial charge >= 0.3 is 0 Å². The number of benzene rings is 14. The minimum Gasteiger partial charge on any atom is -0.458 e. The average Bonchev–Trinajstić information content (AvgIpc) is 0.669. The van der Waals surface area contributed by atoms with Gasteiger partial charge in [-0.15, -0.1) is 0 Å². The van der Waals surface area contributed by atoms with Gasteiger partial charge in [0.05, 0.1) is 39.8 Å². The lowest BCUT2D eigenvalue weighted by molar-refractivity contribution is 0.488. The second kappa shape index (κ2) is 19.1. The maximum absolute atomic E-state index is 7.87. The molecule has 0 saturated heterocycles. The van der Waals surface area contributed by atoms with E-state index in [0.717, 1.165) is 108 Å². The van der Waals surface area contributed by atoms with E-state index in [9.17, 15) is 0 Å². The first kappa shape index (κ1) is 51.3. The summed E-state index contributed by atoms with van der Waals surface area (Å²) >= 11 is 0.